The molecule has 0 saturated carbocycles. The average Bonchev–Trinajstić information content (AvgIpc) is 2.35. The minimum Gasteiger partial charge on any atom is -0.493 e. The fourth-order valence-electron chi connectivity index (χ4n) is 1.41. The maximum atomic E-state index is 12.4. The molecule has 0 amide bonds. The molecule has 0 atom stereocenters. The molecule has 0 bridgehead atoms. The number of nitrogens with two attached hydrogens (primary N) is 1. The SMILES string of the molecule is COc1ccc(C/C(=C\F)CN)cc1OC.Cl. The molecule has 0 aliphatic heterocycles. The summed E-state index contributed by atoms with van der Waals surface area (Å²) in [6.07, 6.45) is 1.03. The zero-order valence-corrected chi connectivity index (χ0v) is 10.7. The number of hydrogen-bond donors (Lipinski definition) is 1. The van der Waals surface area contributed by atoms with Gasteiger partial charge in [-0.2, -0.15) is 0 Å². The highest BCUT2D eigenvalue weighted by Crippen LogP contribution is 2.28. The Morgan fingerprint density at radius 3 is 2.41 bits per heavy atom. The van der Waals surface area contributed by atoms with Gasteiger partial charge in [-0.05, 0) is 29.7 Å². The molecule has 0 heterocycles. The minimum atomic E-state index is 0. The molecule has 0 radical (unpaired) electrons. The van der Waals surface area contributed by atoms with Crippen molar-refractivity contribution in [2.24, 2.45) is 5.73 Å². The summed E-state index contributed by atoms with van der Waals surface area (Å²) in [5.41, 5.74) is 6.88. The molecule has 5 heteroatoms. The Bertz CT molecular complexity index is 383. The van der Waals surface area contributed by atoms with Gasteiger partial charge in [0.2, 0.25) is 0 Å². The van der Waals surface area contributed by atoms with Crippen molar-refractivity contribution in [3.8, 4) is 11.5 Å². The first-order chi connectivity index (χ1) is 7.74. The molecule has 3 nitrogen and oxygen atoms in total. The van der Waals surface area contributed by atoms with Crippen molar-refractivity contribution in [1.82, 2.24) is 0 Å². The summed E-state index contributed by atoms with van der Waals surface area (Å²) < 4.78 is 22.6. The number of methoxy groups -OCH3 is 2. The number of ether oxygens (including phenoxy) is 2. The number of benzene rings is 1. The highest BCUT2D eigenvalue weighted by atomic mass is 35.5. The lowest BCUT2D eigenvalue weighted by molar-refractivity contribution is 0.354. The van der Waals surface area contributed by atoms with E-state index in [0.717, 1.165) is 5.56 Å². The first-order valence-electron chi connectivity index (χ1n) is 4.94. The van der Waals surface area contributed by atoms with Crippen LogP contribution in [0.1, 0.15) is 5.56 Å². The van der Waals surface area contributed by atoms with Crippen molar-refractivity contribution in [2.75, 3.05) is 20.8 Å². The van der Waals surface area contributed by atoms with Crippen LogP contribution in [0.2, 0.25) is 0 Å². The highest BCUT2D eigenvalue weighted by molar-refractivity contribution is 5.85. The maximum Gasteiger partial charge on any atom is 0.160 e. The van der Waals surface area contributed by atoms with Gasteiger partial charge in [-0.3, -0.25) is 0 Å². The summed E-state index contributed by atoms with van der Waals surface area (Å²) in [5.74, 6) is 1.29. The molecule has 1 aromatic carbocycles. The van der Waals surface area contributed by atoms with Gasteiger partial charge in [0, 0.05) is 6.54 Å². The van der Waals surface area contributed by atoms with Crippen molar-refractivity contribution >= 4 is 12.4 Å². The highest BCUT2D eigenvalue weighted by Gasteiger charge is 2.05. The molecule has 0 aliphatic carbocycles. The first-order valence-corrected chi connectivity index (χ1v) is 4.94. The van der Waals surface area contributed by atoms with Crippen LogP contribution in [0.5, 0.6) is 11.5 Å². The van der Waals surface area contributed by atoms with Crippen LogP contribution >= 0.6 is 12.4 Å². The normalized spacial score (nSPS) is 10.7. The fourth-order valence-corrected chi connectivity index (χ4v) is 1.41. The lowest BCUT2D eigenvalue weighted by Crippen LogP contribution is -2.05. The topological polar surface area (TPSA) is 44.5 Å². The zero-order chi connectivity index (χ0) is 12.0. The molecule has 0 aromatic heterocycles. The summed E-state index contributed by atoms with van der Waals surface area (Å²) >= 11 is 0. The van der Waals surface area contributed by atoms with Crippen molar-refractivity contribution in [3.63, 3.8) is 0 Å². The molecule has 0 aliphatic rings. The first kappa shape index (κ1) is 15.7. The Morgan fingerprint density at radius 2 is 1.94 bits per heavy atom. The van der Waals surface area contributed by atoms with Gasteiger partial charge in [-0.15, -0.1) is 12.4 Å². The summed E-state index contributed by atoms with van der Waals surface area (Å²) in [4.78, 5) is 0. The predicted molar refractivity (Wildman–Crippen MR) is 68.7 cm³/mol. The maximum absolute atomic E-state index is 12.4. The third-order valence-electron chi connectivity index (χ3n) is 2.30. The molecule has 96 valence electrons. The number of rotatable bonds is 5. The second kappa shape index (κ2) is 7.92. The van der Waals surface area contributed by atoms with Crippen LogP contribution in [0, 0.1) is 0 Å². The van der Waals surface area contributed by atoms with Crippen LogP contribution in [0.25, 0.3) is 0 Å². The number of hydrogen-bond acceptors (Lipinski definition) is 3. The van der Waals surface area contributed by atoms with Crippen LogP contribution in [0.4, 0.5) is 4.39 Å². The monoisotopic (exact) mass is 261 g/mol. The van der Waals surface area contributed by atoms with Crippen molar-refractivity contribution in [1.29, 1.82) is 0 Å². The van der Waals surface area contributed by atoms with Crippen molar-refractivity contribution in [3.05, 3.63) is 35.7 Å². The van der Waals surface area contributed by atoms with Gasteiger partial charge in [0.1, 0.15) is 0 Å². The van der Waals surface area contributed by atoms with Gasteiger partial charge in [0.15, 0.2) is 11.5 Å². The minimum absolute atomic E-state index is 0. The Kier molecular flexibility index (Phi) is 7.34. The van der Waals surface area contributed by atoms with Gasteiger partial charge in [0.25, 0.3) is 0 Å². The standard InChI is InChI=1S/C12H16FNO2.ClH/c1-15-11-4-3-9(6-12(11)16-2)5-10(7-13)8-14;/h3-4,6-7H,5,8,14H2,1-2H3;1H/b10-7+;. The van der Waals surface area contributed by atoms with E-state index in [1.54, 1.807) is 20.3 Å². The van der Waals surface area contributed by atoms with E-state index in [2.05, 4.69) is 0 Å². The van der Waals surface area contributed by atoms with E-state index in [1.807, 2.05) is 12.1 Å². The predicted octanol–water partition coefficient (Wildman–Crippen LogP) is 2.48. The van der Waals surface area contributed by atoms with Crippen LogP contribution in [0.3, 0.4) is 0 Å². The zero-order valence-electron chi connectivity index (χ0n) is 9.90. The third-order valence-corrected chi connectivity index (χ3v) is 2.30. The summed E-state index contributed by atoms with van der Waals surface area (Å²) in [7, 11) is 3.14. The summed E-state index contributed by atoms with van der Waals surface area (Å²) in [6.45, 7) is 0.213. The molecule has 1 aromatic rings. The van der Waals surface area contributed by atoms with Crippen LogP contribution in [0.15, 0.2) is 30.1 Å². The molecule has 17 heavy (non-hydrogen) atoms. The Balaban J connectivity index is 0.00000256. The Hall–Kier alpha value is -1.26. The summed E-state index contributed by atoms with van der Waals surface area (Å²) in [6, 6.07) is 5.47. The average molecular weight is 262 g/mol. The van der Waals surface area contributed by atoms with Gasteiger partial charge in [0.05, 0.1) is 20.5 Å². The van der Waals surface area contributed by atoms with Crippen LogP contribution < -0.4 is 15.2 Å². The van der Waals surface area contributed by atoms with Gasteiger partial charge >= 0.3 is 0 Å². The lowest BCUT2D eigenvalue weighted by atomic mass is 10.1. The van der Waals surface area contributed by atoms with Crippen molar-refractivity contribution < 1.29 is 13.9 Å². The van der Waals surface area contributed by atoms with E-state index in [0.29, 0.717) is 29.8 Å². The van der Waals surface area contributed by atoms with Crippen LogP contribution in [-0.2, 0) is 6.42 Å². The summed E-state index contributed by atoms with van der Waals surface area (Å²) in [5, 5.41) is 0. The van der Waals surface area contributed by atoms with Crippen LogP contribution in [-0.4, -0.2) is 20.8 Å². The fraction of sp³-hybridized carbons (Fsp3) is 0.333. The quantitative estimate of drug-likeness (QED) is 0.886. The molecule has 0 spiro atoms. The van der Waals surface area contributed by atoms with E-state index in [1.165, 1.54) is 0 Å². The Morgan fingerprint density at radius 1 is 1.29 bits per heavy atom. The molecular weight excluding hydrogens is 245 g/mol. The second-order valence-electron chi connectivity index (χ2n) is 3.34. The largest absolute Gasteiger partial charge is 0.493 e. The molecule has 2 N–H and O–H groups in total. The van der Waals surface area contributed by atoms with Gasteiger partial charge < -0.3 is 15.2 Å². The van der Waals surface area contributed by atoms with Gasteiger partial charge in [-0.1, -0.05) is 6.07 Å². The third kappa shape index (κ3) is 4.24. The van der Waals surface area contributed by atoms with E-state index in [4.69, 9.17) is 15.2 Å². The second-order valence-corrected chi connectivity index (χ2v) is 3.34. The van der Waals surface area contributed by atoms with E-state index in [-0.39, 0.29) is 19.0 Å². The molecule has 0 unspecified atom stereocenters. The molecule has 0 fully saturated rings. The van der Waals surface area contributed by atoms with Gasteiger partial charge in [-0.25, -0.2) is 4.39 Å². The molecular formula is C12H17ClFNO2. The van der Waals surface area contributed by atoms with E-state index >= 15 is 0 Å². The van der Waals surface area contributed by atoms with E-state index < -0.39 is 0 Å². The molecule has 1 rings (SSSR count). The molecule has 0 saturated heterocycles. The van der Waals surface area contributed by atoms with Crippen molar-refractivity contribution in [2.45, 2.75) is 6.42 Å². The lowest BCUT2D eigenvalue weighted by Gasteiger charge is -2.10. The van der Waals surface area contributed by atoms with E-state index in [9.17, 15) is 4.39 Å². The smallest absolute Gasteiger partial charge is 0.160 e. The Labute approximate surface area is 107 Å². The number of halogens is 2.